The van der Waals surface area contributed by atoms with Crippen LogP contribution in [0.5, 0.6) is 0 Å². The zero-order valence-corrected chi connectivity index (χ0v) is 13.4. The number of esters is 1. The lowest BCUT2D eigenvalue weighted by molar-refractivity contribution is -0.137. The van der Waals surface area contributed by atoms with E-state index in [1.54, 1.807) is 6.08 Å². The molecule has 0 aliphatic heterocycles. The fourth-order valence-corrected chi connectivity index (χ4v) is 2.53. The summed E-state index contributed by atoms with van der Waals surface area (Å²) < 4.78 is 4.94. The van der Waals surface area contributed by atoms with E-state index < -0.39 is 0 Å². The standard InChI is InChI=1S/C18H28O2/c1-5-20-18(19)13-17-10-9-16(12-17)11-15(4)8-6-7-14(2)3/h7,12-13,15H,5-6,8-11H2,1-4H3/b17-13+. The van der Waals surface area contributed by atoms with Crippen LogP contribution in [0.3, 0.4) is 0 Å². The van der Waals surface area contributed by atoms with Crippen LogP contribution >= 0.6 is 0 Å². The lowest BCUT2D eigenvalue weighted by Crippen LogP contribution is -1.99. The van der Waals surface area contributed by atoms with E-state index in [0.29, 0.717) is 12.5 Å². The van der Waals surface area contributed by atoms with Crippen molar-refractivity contribution in [1.29, 1.82) is 0 Å². The molecule has 0 spiro atoms. The first-order valence-corrected chi connectivity index (χ1v) is 7.71. The summed E-state index contributed by atoms with van der Waals surface area (Å²) in [6.45, 7) is 8.89. The Morgan fingerprint density at radius 2 is 2.15 bits per heavy atom. The summed E-state index contributed by atoms with van der Waals surface area (Å²) in [7, 11) is 0. The van der Waals surface area contributed by atoms with Crippen LogP contribution in [-0.2, 0) is 9.53 Å². The van der Waals surface area contributed by atoms with Crippen LogP contribution < -0.4 is 0 Å². The van der Waals surface area contributed by atoms with Crippen LogP contribution in [0, 0.1) is 5.92 Å². The fraction of sp³-hybridized carbons (Fsp3) is 0.611. The highest BCUT2D eigenvalue weighted by Gasteiger charge is 2.13. The molecule has 0 N–H and O–H groups in total. The average molecular weight is 276 g/mol. The van der Waals surface area contributed by atoms with Gasteiger partial charge in [0.05, 0.1) is 6.61 Å². The van der Waals surface area contributed by atoms with Crippen molar-refractivity contribution in [3.63, 3.8) is 0 Å². The molecule has 20 heavy (non-hydrogen) atoms. The molecule has 112 valence electrons. The Morgan fingerprint density at radius 3 is 2.80 bits per heavy atom. The fourth-order valence-electron chi connectivity index (χ4n) is 2.53. The Balaban J connectivity index is 2.41. The Labute approximate surface area is 123 Å². The molecule has 0 amide bonds. The van der Waals surface area contributed by atoms with Gasteiger partial charge >= 0.3 is 5.97 Å². The third kappa shape index (κ3) is 6.74. The predicted molar refractivity (Wildman–Crippen MR) is 84.5 cm³/mol. The molecule has 0 aromatic carbocycles. The van der Waals surface area contributed by atoms with Gasteiger partial charge in [-0.25, -0.2) is 4.79 Å². The van der Waals surface area contributed by atoms with Crippen molar-refractivity contribution in [2.45, 2.75) is 59.8 Å². The van der Waals surface area contributed by atoms with Crippen molar-refractivity contribution < 1.29 is 9.53 Å². The summed E-state index contributed by atoms with van der Waals surface area (Å²) >= 11 is 0. The molecular formula is C18H28O2. The highest BCUT2D eigenvalue weighted by Crippen LogP contribution is 2.29. The van der Waals surface area contributed by atoms with E-state index in [0.717, 1.165) is 24.8 Å². The minimum Gasteiger partial charge on any atom is -0.463 e. The van der Waals surface area contributed by atoms with Crippen LogP contribution in [0.4, 0.5) is 0 Å². The number of hydrogen-bond donors (Lipinski definition) is 0. The number of hydrogen-bond acceptors (Lipinski definition) is 2. The topological polar surface area (TPSA) is 26.3 Å². The van der Waals surface area contributed by atoms with Crippen LogP contribution in [0.25, 0.3) is 0 Å². The normalized spacial score (nSPS) is 17.8. The third-order valence-corrected chi connectivity index (χ3v) is 3.54. The van der Waals surface area contributed by atoms with Crippen molar-refractivity contribution in [2.24, 2.45) is 5.92 Å². The smallest absolute Gasteiger partial charge is 0.331 e. The first kappa shape index (κ1) is 16.7. The summed E-state index contributed by atoms with van der Waals surface area (Å²) in [5, 5.41) is 0. The molecule has 0 heterocycles. The summed E-state index contributed by atoms with van der Waals surface area (Å²) in [5.41, 5.74) is 4.00. The molecule has 1 rings (SSSR count). The number of carbonyl (C=O) groups is 1. The Morgan fingerprint density at radius 1 is 1.40 bits per heavy atom. The maximum Gasteiger partial charge on any atom is 0.331 e. The Kier molecular flexibility index (Phi) is 7.35. The lowest BCUT2D eigenvalue weighted by Gasteiger charge is -2.10. The van der Waals surface area contributed by atoms with E-state index >= 15 is 0 Å². The maximum absolute atomic E-state index is 11.4. The van der Waals surface area contributed by atoms with E-state index in [2.05, 4.69) is 32.9 Å². The van der Waals surface area contributed by atoms with E-state index in [1.165, 1.54) is 24.0 Å². The van der Waals surface area contributed by atoms with Crippen molar-refractivity contribution in [3.8, 4) is 0 Å². The molecule has 1 aliphatic rings. The van der Waals surface area contributed by atoms with Crippen LogP contribution in [0.2, 0.25) is 0 Å². The quantitative estimate of drug-likeness (QED) is 0.373. The minimum atomic E-state index is -0.211. The molecule has 0 bridgehead atoms. The van der Waals surface area contributed by atoms with Crippen LogP contribution in [0.15, 0.2) is 34.9 Å². The average Bonchev–Trinajstić information content (AvgIpc) is 2.76. The summed E-state index contributed by atoms with van der Waals surface area (Å²) in [4.78, 5) is 11.4. The maximum atomic E-state index is 11.4. The van der Waals surface area contributed by atoms with Crippen molar-refractivity contribution in [1.82, 2.24) is 0 Å². The second kappa shape index (κ2) is 8.78. The molecular weight excluding hydrogens is 248 g/mol. The molecule has 2 heteroatoms. The van der Waals surface area contributed by atoms with Gasteiger partial charge in [-0.15, -0.1) is 0 Å². The van der Waals surface area contributed by atoms with Gasteiger partial charge in [-0.2, -0.15) is 0 Å². The molecule has 0 aromatic rings. The first-order valence-electron chi connectivity index (χ1n) is 7.71. The SMILES string of the molecule is CCOC(=O)/C=C1/C=C(CC(C)CCC=C(C)C)CC1. The number of allylic oxidation sites excluding steroid dienone is 5. The van der Waals surface area contributed by atoms with Gasteiger partial charge in [0.1, 0.15) is 0 Å². The second-order valence-electron chi connectivity index (χ2n) is 5.94. The Bertz CT molecular complexity index is 409. The van der Waals surface area contributed by atoms with Crippen LogP contribution in [-0.4, -0.2) is 12.6 Å². The van der Waals surface area contributed by atoms with Crippen molar-refractivity contribution in [3.05, 3.63) is 34.9 Å². The molecule has 1 aliphatic carbocycles. The van der Waals surface area contributed by atoms with Gasteiger partial charge in [-0.3, -0.25) is 0 Å². The van der Waals surface area contributed by atoms with Gasteiger partial charge in [-0.1, -0.05) is 30.2 Å². The monoisotopic (exact) mass is 276 g/mol. The van der Waals surface area contributed by atoms with Crippen molar-refractivity contribution in [2.75, 3.05) is 6.61 Å². The lowest BCUT2D eigenvalue weighted by atomic mass is 9.96. The molecule has 0 saturated carbocycles. The highest BCUT2D eigenvalue weighted by molar-refractivity contribution is 5.83. The summed E-state index contributed by atoms with van der Waals surface area (Å²) in [5.74, 6) is 0.496. The number of ether oxygens (including phenoxy) is 1. The van der Waals surface area contributed by atoms with Gasteiger partial charge in [0.25, 0.3) is 0 Å². The summed E-state index contributed by atoms with van der Waals surface area (Å²) in [6.07, 6.45) is 11.8. The van der Waals surface area contributed by atoms with Gasteiger partial charge in [-0.05, 0) is 64.4 Å². The second-order valence-corrected chi connectivity index (χ2v) is 5.94. The van der Waals surface area contributed by atoms with Crippen LogP contribution in [0.1, 0.15) is 59.8 Å². The highest BCUT2D eigenvalue weighted by atomic mass is 16.5. The van der Waals surface area contributed by atoms with Gasteiger partial charge in [0.15, 0.2) is 0 Å². The summed E-state index contributed by atoms with van der Waals surface area (Å²) in [6, 6.07) is 0. The first-order chi connectivity index (χ1) is 9.51. The van der Waals surface area contributed by atoms with E-state index in [1.807, 2.05) is 6.92 Å². The third-order valence-electron chi connectivity index (χ3n) is 3.54. The van der Waals surface area contributed by atoms with Gasteiger partial charge < -0.3 is 4.74 Å². The van der Waals surface area contributed by atoms with Gasteiger partial charge in [0, 0.05) is 6.08 Å². The largest absolute Gasteiger partial charge is 0.463 e. The molecule has 0 aromatic heterocycles. The van der Waals surface area contributed by atoms with E-state index in [4.69, 9.17) is 4.74 Å². The van der Waals surface area contributed by atoms with Crippen molar-refractivity contribution >= 4 is 5.97 Å². The molecule has 0 fully saturated rings. The van der Waals surface area contributed by atoms with E-state index in [9.17, 15) is 4.79 Å². The zero-order valence-electron chi connectivity index (χ0n) is 13.4. The molecule has 0 saturated heterocycles. The number of rotatable bonds is 7. The zero-order chi connectivity index (χ0) is 15.0. The molecule has 2 nitrogen and oxygen atoms in total. The van der Waals surface area contributed by atoms with E-state index in [-0.39, 0.29) is 5.97 Å². The molecule has 0 radical (unpaired) electrons. The molecule has 1 atom stereocenters. The molecule has 1 unspecified atom stereocenters. The Hall–Kier alpha value is -1.31. The van der Waals surface area contributed by atoms with Gasteiger partial charge in [0.2, 0.25) is 0 Å². The minimum absolute atomic E-state index is 0.211. The number of carbonyl (C=O) groups excluding carboxylic acids is 1. The predicted octanol–water partition coefficient (Wildman–Crippen LogP) is 4.97.